The molecule has 39 heavy (non-hydrogen) atoms. The van der Waals surface area contributed by atoms with Crippen molar-refractivity contribution < 1.29 is 24.6 Å². The maximum absolute atomic E-state index is 12.4. The third-order valence-corrected chi connectivity index (χ3v) is 10.7. The molecule has 7 atom stereocenters. The molecule has 3 N–H and O–H groups in total. The van der Waals surface area contributed by atoms with E-state index in [9.17, 15) is 19.8 Å². The van der Waals surface area contributed by atoms with Crippen molar-refractivity contribution in [1.82, 2.24) is 5.32 Å². The number of carbonyl (C=O) groups is 2. The highest BCUT2D eigenvalue weighted by molar-refractivity contribution is 6.05. The summed E-state index contributed by atoms with van der Waals surface area (Å²) in [5.74, 6) is 0.219. The lowest BCUT2D eigenvalue weighted by Gasteiger charge is -2.58. The van der Waals surface area contributed by atoms with Crippen LogP contribution < -0.4 is 5.32 Å². The first-order valence-electron chi connectivity index (χ1n) is 14.4. The van der Waals surface area contributed by atoms with Crippen molar-refractivity contribution >= 4 is 17.6 Å². The first kappa shape index (κ1) is 27.6. The smallest absolute Gasteiger partial charge is 0.304 e. The molecule has 0 radical (unpaired) electrons. The highest BCUT2D eigenvalue weighted by Gasteiger charge is 2.61. The van der Waals surface area contributed by atoms with Crippen LogP contribution in [0.25, 0.3) is 0 Å². The zero-order valence-corrected chi connectivity index (χ0v) is 23.4. The van der Waals surface area contributed by atoms with Gasteiger partial charge in [0.05, 0.1) is 12.0 Å². The lowest BCUT2D eigenvalue weighted by Crippen LogP contribution is -2.53. The van der Waals surface area contributed by atoms with Crippen molar-refractivity contribution in [3.05, 3.63) is 59.7 Å². The lowest BCUT2D eigenvalue weighted by molar-refractivity contribution is -0.137. The monoisotopic (exact) mass is 534 g/mol. The average molecular weight is 535 g/mol. The topological polar surface area (TPSA) is 108 Å². The van der Waals surface area contributed by atoms with Gasteiger partial charge in [0.2, 0.25) is 0 Å². The number of oxime groups is 1. The van der Waals surface area contributed by atoms with Crippen LogP contribution >= 0.6 is 0 Å². The molecule has 7 heteroatoms. The van der Waals surface area contributed by atoms with Crippen LogP contribution in [0.1, 0.15) is 77.2 Å². The fraction of sp³-hybridized carbons (Fsp3) is 0.594. The molecule has 0 unspecified atom stereocenters. The molecule has 5 rings (SSSR count). The fourth-order valence-electron chi connectivity index (χ4n) is 8.21. The minimum atomic E-state index is -0.906. The number of allylic oxidation sites excluding steroid dienone is 4. The molecule has 0 aliphatic heterocycles. The number of carboxylic acid groups (broad SMARTS) is 1. The van der Waals surface area contributed by atoms with E-state index < -0.39 is 11.6 Å². The zero-order valence-electron chi connectivity index (χ0n) is 23.4. The molecule has 1 aromatic carbocycles. The molecule has 0 aromatic heterocycles. The van der Waals surface area contributed by atoms with Crippen LogP contribution in [0.2, 0.25) is 0 Å². The molecule has 4 aliphatic carbocycles. The van der Waals surface area contributed by atoms with E-state index in [0.717, 1.165) is 44.1 Å². The van der Waals surface area contributed by atoms with Crippen molar-refractivity contribution in [3.63, 3.8) is 0 Å². The van der Waals surface area contributed by atoms with Gasteiger partial charge in [-0.2, -0.15) is 0 Å². The highest BCUT2D eigenvalue weighted by Crippen LogP contribution is 2.66. The molecule has 7 nitrogen and oxygen atoms in total. The summed E-state index contributed by atoms with van der Waals surface area (Å²) >= 11 is 0. The highest BCUT2D eigenvalue weighted by atomic mass is 16.6. The Hall–Kier alpha value is -2.93. The normalized spacial score (nSPS) is 36.8. The largest absolute Gasteiger partial charge is 0.481 e. The van der Waals surface area contributed by atoms with E-state index in [1.807, 2.05) is 43.3 Å². The summed E-state index contributed by atoms with van der Waals surface area (Å²) in [6, 6.07) is 9.34. The number of amides is 1. The maximum Gasteiger partial charge on any atom is 0.304 e. The number of nitrogens with zero attached hydrogens (tertiary/aromatic N) is 1. The molecule has 4 aliphatic rings. The molecule has 3 fully saturated rings. The Bertz CT molecular complexity index is 1190. The Labute approximate surface area is 231 Å². The molecule has 0 bridgehead atoms. The Kier molecular flexibility index (Phi) is 7.49. The van der Waals surface area contributed by atoms with E-state index in [0.29, 0.717) is 23.5 Å². The second-order valence-corrected chi connectivity index (χ2v) is 12.8. The van der Waals surface area contributed by atoms with Crippen LogP contribution in [-0.2, 0) is 14.4 Å². The molecule has 3 saturated carbocycles. The van der Waals surface area contributed by atoms with E-state index in [4.69, 9.17) is 4.84 Å². The zero-order chi connectivity index (χ0) is 27.8. The van der Waals surface area contributed by atoms with Gasteiger partial charge in [0.25, 0.3) is 5.91 Å². The van der Waals surface area contributed by atoms with Crippen molar-refractivity contribution in [2.75, 3.05) is 13.2 Å². The van der Waals surface area contributed by atoms with Crippen molar-refractivity contribution in [1.29, 1.82) is 0 Å². The van der Waals surface area contributed by atoms with Gasteiger partial charge >= 0.3 is 5.97 Å². The van der Waals surface area contributed by atoms with E-state index in [-0.39, 0.29) is 42.2 Å². The Balaban J connectivity index is 1.17. The number of hydrogen-bond acceptors (Lipinski definition) is 5. The first-order valence-corrected chi connectivity index (χ1v) is 14.4. The number of benzene rings is 1. The molecule has 0 spiro atoms. The summed E-state index contributed by atoms with van der Waals surface area (Å²) < 4.78 is 0. The van der Waals surface area contributed by atoms with Crippen LogP contribution in [0.5, 0.6) is 0 Å². The summed E-state index contributed by atoms with van der Waals surface area (Å²) in [4.78, 5) is 29.1. The van der Waals surface area contributed by atoms with Gasteiger partial charge in [-0.25, -0.2) is 0 Å². The van der Waals surface area contributed by atoms with Gasteiger partial charge in [-0.15, -0.1) is 0 Å². The molecule has 1 amide bonds. The summed E-state index contributed by atoms with van der Waals surface area (Å²) in [5, 5.41) is 27.4. The minimum absolute atomic E-state index is 0.00825. The Morgan fingerprint density at radius 2 is 1.85 bits per heavy atom. The van der Waals surface area contributed by atoms with Gasteiger partial charge in [-0.3, -0.25) is 9.59 Å². The number of aliphatic carboxylic acids is 1. The molecular formula is C32H42N2O5. The van der Waals surface area contributed by atoms with Crippen molar-refractivity contribution in [2.45, 2.75) is 77.2 Å². The molecule has 0 saturated heterocycles. The number of hydrogen-bond donors (Lipinski definition) is 3. The summed E-state index contributed by atoms with van der Waals surface area (Å²) in [5.41, 5.74) is 2.41. The third kappa shape index (κ3) is 5.18. The Morgan fingerprint density at radius 1 is 1.10 bits per heavy atom. The van der Waals surface area contributed by atoms with Gasteiger partial charge in [0, 0.05) is 17.9 Å². The van der Waals surface area contributed by atoms with E-state index in [1.165, 1.54) is 5.57 Å². The predicted octanol–water partition coefficient (Wildman–Crippen LogP) is 5.22. The van der Waals surface area contributed by atoms with E-state index in [2.05, 4.69) is 36.5 Å². The fourth-order valence-corrected chi connectivity index (χ4v) is 8.21. The van der Waals surface area contributed by atoms with Gasteiger partial charge < -0.3 is 20.4 Å². The Morgan fingerprint density at radius 3 is 2.59 bits per heavy atom. The number of fused-ring (bicyclic) bond motifs is 5. The second kappa shape index (κ2) is 10.6. The third-order valence-electron chi connectivity index (χ3n) is 10.7. The van der Waals surface area contributed by atoms with Gasteiger partial charge in [-0.05, 0) is 86.3 Å². The minimum Gasteiger partial charge on any atom is -0.481 e. The SMILES string of the molecule is C[C@]12C=C/C(=N/OCC(=O)NC[C@H](CC(=O)O)c3ccccc3)C=C1CC[C@@H]1[C@@H]2CC[C@@]2(C)[C@H]1CC[C@]2(C)O. The quantitative estimate of drug-likeness (QED) is 0.396. The van der Waals surface area contributed by atoms with Crippen LogP contribution in [0.15, 0.2) is 59.3 Å². The molecular weight excluding hydrogens is 492 g/mol. The summed E-state index contributed by atoms with van der Waals surface area (Å²) in [7, 11) is 0. The van der Waals surface area contributed by atoms with Crippen molar-refractivity contribution in [3.8, 4) is 0 Å². The summed E-state index contributed by atoms with van der Waals surface area (Å²) in [6.07, 6.45) is 12.7. The van der Waals surface area contributed by atoms with Gasteiger partial charge in [0.15, 0.2) is 6.61 Å². The van der Waals surface area contributed by atoms with Gasteiger partial charge in [-0.1, -0.05) is 61.0 Å². The number of nitrogens with one attached hydrogen (secondary N) is 1. The number of aliphatic hydroxyl groups is 1. The van der Waals surface area contributed by atoms with E-state index >= 15 is 0 Å². The first-order chi connectivity index (χ1) is 18.5. The van der Waals surface area contributed by atoms with E-state index in [1.54, 1.807) is 0 Å². The van der Waals surface area contributed by atoms with Crippen LogP contribution in [0, 0.1) is 28.6 Å². The maximum atomic E-state index is 12.4. The number of carbonyl (C=O) groups excluding carboxylic acids is 1. The van der Waals surface area contributed by atoms with Crippen LogP contribution in [0.4, 0.5) is 0 Å². The van der Waals surface area contributed by atoms with Crippen molar-refractivity contribution in [2.24, 2.45) is 33.7 Å². The average Bonchev–Trinajstić information content (AvgIpc) is 3.15. The molecule has 210 valence electrons. The number of carboxylic acids is 1. The molecule has 1 aromatic rings. The number of rotatable bonds is 8. The van der Waals surface area contributed by atoms with Crippen LogP contribution in [0.3, 0.4) is 0 Å². The predicted molar refractivity (Wildman–Crippen MR) is 150 cm³/mol. The van der Waals surface area contributed by atoms with Gasteiger partial charge in [0.1, 0.15) is 5.71 Å². The molecule has 0 heterocycles. The van der Waals surface area contributed by atoms with Crippen LogP contribution in [-0.4, -0.2) is 46.6 Å². The summed E-state index contributed by atoms with van der Waals surface area (Å²) in [6.45, 7) is 6.71. The lowest BCUT2D eigenvalue weighted by atomic mass is 9.47. The standard InChI is InChI=1S/C32H42N2O5/c1-30-14-11-24(34-39-20-28(35)33-19-22(17-29(36)37)21-7-5-4-6-8-21)18-23(30)9-10-25-26(30)12-15-31(2)27(25)13-16-32(31,3)38/h4-8,11,14,18,22,25-27,38H,9-10,12-13,15-17,19-20H2,1-3H3,(H,33,35)(H,36,37)/b34-24-/t22-,25+,26-,27-,30-,31-,32-/m0/s1. The second-order valence-electron chi connectivity index (χ2n) is 12.8.